The van der Waals surface area contributed by atoms with Crippen molar-refractivity contribution in [3.05, 3.63) is 54.4 Å². The van der Waals surface area contributed by atoms with Crippen LogP contribution in [0.3, 0.4) is 0 Å². The summed E-state index contributed by atoms with van der Waals surface area (Å²) in [6, 6.07) is 11.6. The third kappa shape index (κ3) is 4.11. The van der Waals surface area contributed by atoms with Crippen molar-refractivity contribution in [2.75, 3.05) is 5.32 Å². The Morgan fingerprint density at radius 3 is 2.69 bits per heavy atom. The fourth-order valence-corrected chi connectivity index (χ4v) is 3.47. The summed E-state index contributed by atoms with van der Waals surface area (Å²) in [6.45, 7) is 6.63. The Morgan fingerprint density at radius 1 is 1.23 bits per heavy atom. The number of hydrogen-bond acceptors (Lipinski definition) is 5. The van der Waals surface area contributed by atoms with Gasteiger partial charge >= 0.3 is 0 Å². The number of hydrogen-bond donors (Lipinski definition) is 1. The van der Waals surface area contributed by atoms with Crippen LogP contribution in [0.15, 0.2) is 53.9 Å². The van der Waals surface area contributed by atoms with Gasteiger partial charge in [0, 0.05) is 30.2 Å². The highest BCUT2D eigenvalue weighted by molar-refractivity contribution is 8.00. The van der Waals surface area contributed by atoms with Crippen LogP contribution in [-0.2, 0) is 11.3 Å². The van der Waals surface area contributed by atoms with E-state index in [4.69, 9.17) is 0 Å². The molecule has 0 aliphatic carbocycles. The van der Waals surface area contributed by atoms with Gasteiger partial charge in [0.25, 0.3) is 0 Å². The van der Waals surface area contributed by atoms with Crippen LogP contribution >= 0.6 is 11.8 Å². The number of carbonyl (C=O) groups is 1. The van der Waals surface area contributed by atoms with E-state index in [1.807, 2.05) is 61.7 Å². The summed E-state index contributed by atoms with van der Waals surface area (Å²) in [5.74, 6) is 0.723. The average Bonchev–Trinajstić information content (AvgIpc) is 3.05. The van der Waals surface area contributed by atoms with E-state index in [1.165, 1.54) is 11.8 Å². The molecular weight excluding hydrogens is 346 g/mol. The number of amides is 1. The van der Waals surface area contributed by atoms with Crippen LogP contribution in [0, 0.1) is 6.92 Å². The van der Waals surface area contributed by atoms with Crippen LogP contribution in [0.2, 0.25) is 0 Å². The molecule has 0 aliphatic rings. The third-order valence-corrected chi connectivity index (χ3v) is 4.99. The number of benzene rings is 1. The number of carbonyl (C=O) groups excluding carboxylic acids is 1. The van der Waals surface area contributed by atoms with Crippen molar-refractivity contribution in [1.29, 1.82) is 0 Å². The van der Waals surface area contributed by atoms with E-state index in [-0.39, 0.29) is 11.2 Å². The smallest absolute Gasteiger partial charge is 0.237 e. The maximum absolute atomic E-state index is 12.5. The zero-order chi connectivity index (χ0) is 18.5. The topological polar surface area (TPSA) is 72.7 Å². The molecule has 0 radical (unpaired) electrons. The third-order valence-electron chi connectivity index (χ3n) is 3.91. The minimum atomic E-state index is -0.296. The van der Waals surface area contributed by atoms with Crippen molar-refractivity contribution in [3.63, 3.8) is 0 Å². The molecule has 0 saturated carbocycles. The number of pyridine rings is 1. The monoisotopic (exact) mass is 367 g/mol. The highest BCUT2D eigenvalue weighted by Crippen LogP contribution is 2.27. The molecular formula is C19H21N5OS. The summed E-state index contributed by atoms with van der Waals surface area (Å²) in [6.07, 6.45) is 3.46. The maximum atomic E-state index is 12.5. The van der Waals surface area contributed by atoms with E-state index in [1.54, 1.807) is 12.4 Å². The molecule has 1 aromatic carbocycles. The number of nitrogens with zero attached hydrogens (tertiary/aromatic N) is 4. The Balaban J connectivity index is 1.74. The quantitative estimate of drug-likeness (QED) is 0.671. The molecule has 3 rings (SSSR count). The molecule has 7 heteroatoms. The van der Waals surface area contributed by atoms with Crippen LogP contribution in [0.5, 0.6) is 0 Å². The lowest BCUT2D eigenvalue weighted by molar-refractivity contribution is -0.115. The lowest BCUT2D eigenvalue weighted by Gasteiger charge is -2.13. The van der Waals surface area contributed by atoms with E-state index in [0.717, 1.165) is 34.3 Å². The van der Waals surface area contributed by atoms with Gasteiger partial charge in [-0.25, -0.2) is 0 Å². The minimum Gasteiger partial charge on any atom is -0.325 e. The van der Waals surface area contributed by atoms with Crippen molar-refractivity contribution in [3.8, 4) is 11.4 Å². The Kier molecular flexibility index (Phi) is 5.68. The van der Waals surface area contributed by atoms with E-state index >= 15 is 0 Å². The summed E-state index contributed by atoms with van der Waals surface area (Å²) in [7, 11) is 0. The van der Waals surface area contributed by atoms with Gasteiger partial charge in [0.15, 0.2) is 11.0 Å². The number of nitrogens with one attached hydrogen (secondary N) is 1. The summed E-state index contributed by atoms with van der Waals surface area (Å²) in [4.78, 5) is 16.5. The molecule has 2 aromatic heterocycles. The molecule has 1 atom stereocenters. The van der Waals surface area contributed by atoms with Crippen molar-refractivity contribution in [2.24, 2.45) is 0 Å². The fraction of sp³-hybridized carbons (Fsp3) is 0.263. The standard InChI is InChI=1S/C19H21N5OS/c1-4-24-17(15-8-10-20-11-9-15)22-23-19(24)26-14(3)18(25)21-16-7-5-6-13(2)12-16/h5-12,14H,4H2,1-3H3,(H,21,25)/t14-/m0/s1. The van der Waals surface area contributed by atoms with E-state index in [2.05, 4.69) is 20.5 Å². The van der Waals surface area contributed by atoms with Gasteiger partial charge in [0.2, 0.25) is 5.91 Å². The van der Waals surface area contributed by atoms with Gasteiger partial charge < -0.3 is 9.88 Å². The largest absolute Gasteiger partial charge is 0.325 e. The first-order valence-electron chi connectivity index (χ1n) is 8.46. The Hall–Kier alpha value is -2.67. The van der Waals surface area contributed by atoms with Gasteiger partial charge in [-0.3, -0.25) is 9.78 Å². The van der Waals surface area contributed by atoms with Gasteiger partial charge in [0.05, 0.1) is 5.25 Å². The first-order chi connectivity index (χ1) is 12.6. The molecule has 1 amide bonds. The number of anilines is 1. The minimum absolute atomic E-state index is 0.0586. The predicted octanol–water partition coefficient (Wildman–Crippen LogP) is 3.79. The van der Waals surface area contributed by atoms with Crippen LogP contribution in [0.1, 0.15) is 19.4 Å². The van der Waals surface area contributed by atoms with E-state index in [9.17, 15) is 4.79 Å². The summed E-state index contributed by atoms with van der Waals surface area (Å²) < 4.78 is 2.01. The lowest BCUT2D eigenvalue weighted by Crippen LogP contribution is -2.23. The van der Waals surface area contributed by atoms with Crippen molar-refractivity contribution in [1.82, 2.24) is 19.7 Å². The Labute approximate surface area is 157 Å². The number of thioether (sulfide) groups is 1. The first kappa shape index (κ1) is 18.1. The van der Waals surface area contributed by atoms with E-state index in [0.29, 0.717) is 0 Å². The molecule has 26 heavy (non-hydrogen) atoms. The molecule has 0 bridgehead atoms. The van der Waals surface area contributed by atoms with Crippen molar-refractivity contribution in [2.45, 2.75) is 37.7 Å². The average molecular weight is 367 g/mol. The molecule has 3 aromatic rings. The van der Waals surface area contributed by atoms with Gasteiger partial charge in [-0.15, -0.1) is 10.2 Å². The summed E-state index contributed by atoms with van der Waals surface area (Å²) >= 11 is 1.40. The van der Waals surface area contributed by atoms with Crippen LogP contribution in [0.4, 0.5) is 5.69 Å². The fourth-order valence-electron chi connectivity index (χ4n) is 2.55. The molecule has 2 heterocycles. The molecule has 6 nitrogen and oxygen atoms in total. The molecule has 0 aliphatic heterocycles. The second kappa shape index (κ2) is 8.14. The molecule has 0 saturated heterocycles. The highest BCUT2D eigenvalue weighted by Gasteiger charge is 2.20. The van der Waals surface area contributed by atoms with Crippen LogP contribution < -0.4 is 5.32 Å². The summed E-state index contributed by atoms with van der Waals surface area (Å²) in [5.41, 5.74) is 2.87. The molecule has 1 N–H and O–H groups in total. The molecule has 0 spiro atoms. The highest BCUT2D eigenvalue weighted by atomic mass is 32.2. The Morgan fingerprint density at radius 2 is 2.00 bits per heavy atom. The zero-order valence-electron chi connectivity index (χ0n) is 15.0. The van der Waals surface area contributed by atoms with Gasteiger partial charge in [-0.05, 0) is 50.6 Å². The summed E-state index contributed by atoms with van der Waals surface area (Å²) in [5, 5.41) is 12.0. The van der Waals surface area contributed by atoms with Crippen LogP contribution in [0.25, 0.3) is 11.4 Å². The maximum Gasteiger partial charge on any atom is 0.237 e. The number of rotatable bonds is 6. The zero-order valence-corrected chi connectivity index (χ0v) is 15.8. The van der Waals surface area contributed by atoms with Gasteiger partial charge in [0.1, 0.15) is 0 Å². The van der Waals surface area contributed by atoms with Crippen molar-refractivity contribution < 1.29 is 4.79 Å². The van der Waals surface area contributed by atoms with Crippen LogP contribution in [-0.4, -0.2) is 30.9 Å². The lowest BCUT2D eigenvalue weighted by atomic mass is 10.2. The molecule has 134 valence electrons. The second-order valence-electron chi connectivity index (χ2n) is 5.91. The molecule has 0 fully saturated rings. The van der Waals surface area contributed by atoms with Gasteiger partial charge in [-0.1, -0.05) is 23.9 Å². The second-order valence-corrected chi connectivity index (χ2v) is 7.21. The Bertz CT molecular complexity index is 894. The first-order valence-corrected chi connectivity index (χ1v) is 9.34. The van der Waals surface area contributed by atoms with Gasteiger partial charge in [-0.2, -0.15) is 0 Å². The number of aromatic nitrogens is 4. The van der Waals surface area contributed by atoms with Crippen molar-refractivity contribution >= 4 is 23.4 Å². The predicted molar refractivity (Wildman–Crippen MR) is 104 cm³/mol. The number of aryl methyl sites for hydroxylation is 1. The molecule has 0 unspecified atom stereocenters. The SMILES string of the molecule is CCn1c(S[C@@H](C)C(=O)Nc2cccc(C)c2)nnc1-c1ccncc1. The normalized spacial score (nSPS) is 12.0. The van der Waals surface area contributed by atoms with E-state index < -0.39 is 0 Å².